The Morgan fingerprint density at radius 2 is 2.25 bits per heavy atom. The van der Waals surface area contributed by atoms with Gasteiger partial charge in [-0.05, 0) is 12.1 Å². The Kier molecular flexibility index (Phi) is 3.53. The van der Waals surface area contributed by atoms with Gasteiger partial charge in [0.2, 0.25) is 0 Å². The molecule has 0 aliphatic carbocycles. The quantitative estimate of drug-likeness (QED) is 0.824. The third kappa shape index (κ3) is 2.32. The van der Waals surface area contributed by atoms with Gasteiger partial charge in [-0.15, -0.1) is 0 Å². The summed E-state index contributed by atoms with van der Waals surface area (Å²) in [7, 11) is -3.12. The normalized spacial score (nSPS) is 14.5. The number of nitrogens with one attached hydrogen (secondary N) is 1. The molecule has 1 aromatic heterocycles. The van der Waals surface area contributed by atoms with Gasteiger partial charge in [-0.3, -0.25) is 0 Å². The molecular weight excluding hydrogens is 242 g/mol. The van der Waals surface area contributed by atoms with Crippen molar-refractivity contribution in [3.63, 3.8) is 0 Å². The van der Waals surface area contributed by atoms with E-state index in [1.807, 2.05) is 0 Å². The standard InChI is InChI=1S/C8H8F2N2O3S/c1-15-7(13)6-4-5(2-3-12-6)16(11,14)8(9)10/h2-4,8,11H,1H3. The van der Waals surface area contributed by atoms with E-state index < -0.39 is 26.4 Å². The SMILES string of the molecule is COC(=O)c1cc(S(=N)(=O)C(F)F)ccn1. The van der Waals surface area contributed by atoms with Crippen molar-refractivity contribution in [1.29, 1.82) is 4.78 Å². The molecule has 0 aliphatic rings. The molecule has 1 heterocycles. The van der Waals surface area contributed by atoms with Crippen molar-refractivity contribution in [3.05, 3.63) is 24.0 Å². The fourth-order valence-corrected chi connectivity index (χ4v) is 1.67. The number of carbonyl (C=O) groups is 1. The van der Waals surface area contributed by atoms with Gasteiger partial charge < -0.3 is 4.74 Å². The van der Waals surface area contributed by atoms with Gasteiger partial charge in [0.25, 0.3) is 0 Å². The summed E-state index contributed by atoms with van der Waals surface area (Å²) >= 11 is 0. The zero-order valence-electron chi connectivity index (χ0n) is 8.15. The molecule has 88 valence electrons. The minimum Gasteiger partial charge on any atom is -0.464 e. The molecule has 0 amide bonds. The van der Waals surface area contributed by atoms with Crippen molar-refractivity contribution >= 4 is 15.7 Å². The van der Waals surface area contributed by atoms with E-state index in [0.717, 1.165) is 25.4 Å². The van der Waals surface area contributed by atoms with E-state index in [4.69, 9.17) is 4.78 Å². The Morgan fingerprint density at radius 1 is 1.62 bits per heavy atom. The molecule has 1 rings (SSSR count). The minimum absolute atomic E-state index is 0.263. The molecule has 0 saturated carbocycles. The van der Waals surface area contributed by atoms with Gasteiger partial charge in [0.05, 0.1) is 12.0 Å². The van der Waals surface area contributed by atoms with Crippen LogP contribution in [0.5, 0.6) is 0 Å². The maximum atomic E-state index is 12.3. The van der Waals surface area contributed by atoms with Crippen LogP contribution >= 0.6 is 0 Å². The van der Waals surface area contributed by atoms with Crippen molar-refractivity contribution in [2.24, 2.45) is 0 Å². The fourth-order valence-electron chi connectivity index (χ4n) is 0.919. The average molecular weight is 250 g/mol. The first-order valence-electron chi connectivity index (χ1n) is 3.99. The van der Waals surface area contributed by atoms with E-state index in [9.17, 15) is 17.8 Å². The van der Waals surface area contributed by atoms with Gasteiger partial charge >= 0.3 is 11.7 Å². The molecule has 5 nitrogen and oxygen atoms in total. The third-order valence-corrected chi connectivity index (χ3v) is 3.18. The smallest absolute Gasteiger partial charge is 0.356 e. The summed E-state index contributed by atoms with van der Waals surface area (Å²) in [6, 6.07) is 1.88. The largest absolute Gasteiger partial charge is 0.464 e. The van der Waals surface area contributed by atoms with Gasteiger partial charge in [-0.2, -0.15) is 8.78 Å². The van der Waals surface area contributed by atoms with Crippen molar-refractivity contribution in [1.82, 2.24) is 4.98 Å². The molecule has 0 aliphatic heterocycles. The molecule has 16 heavy (non-hydrogen) atoms. The lowest BCUT2D eigenvalue weighted by Gasteiger charge is -2.06. The van der Waals surface area contributed by atoms with E-state index in [-0.39, 0.29) is 5.69 Å². The van der Waals surface area contributed by atoms with Crippen LogP contribution in [0.2, 0.25) is 0 Å². The molecule has 0 saturated heterocycles. The first kappa shape index (κ1) is 12.5. The van der Waals surface area contributed by atoms with Gasteiger partial charge in [0, 0.05) is 6.20 Å². The van der Waals surface area contributed by atoms with Crippen molar-refractivity contribution in [2.45, 2.75) is 10.7 Å². The van der Waals surface area contributed by atoms with Crippen LogP contribution in [0.4, 0.5) is 8.78 Å². The first-order chi connectivity index (χ1) is 7.39. The molecule has 0 fully saturated rings. The molecule has 0 spiro atoms. The Labute approximate surface area is 90.4 Å². The molecule has 0 bridgehead atoms. The summed E-state index contributed by atoms with van der Waals surface area (Å²) in [6.07, 6.45) is 1.03. The lowest BCUT2D eigenvalue weighted by atomic mass is 10.3. The lowest BCUT2D eigenvalue weighted by Crippen LogP contribution is -2.12. The van der Waals surface area contributed by atoms with Crippen LogP contribution in [-0.4, -0.2) is 28.0 Å². The molecular formula is C8H8F2N2O3S. The van der Waals surface area contributed by atoms with Crippen LogP contribution in [0.1, 0.15) is 10.5 Å². The summed E-state index contributed by atoms with van der Waals surface area (Å²) in [5, 5.41) is 0. The van der Waals surface area contributed by atoms with E-state index in [0.29, 0.717) is 0 Å². The second kappa shape index (κ2) is 4.52. The van der Waals surface area contributed by atoms with E-state index in [2.05, 4.69) is 9.72 Å². The highest BCUT2D eigenvalue weighted by Crippen LogP contribution is 2.19. The number of rotatable bonds is 3. The summed E-state index contributed by atoms with van der Waals surface area (Å²) in [4.78, 5) is 14.1. The van der Waals surface area contributed by atoms with E-state index >= 15 is 0 Å². The number of methoxy groups -OCH3 is 1. The van der Waals surface area contributed by atoms with Crippen LogP contribution in [0, 0.1) is 4.78 Å². The molecule has 1 unspecified atom stereocenters. The van der Waals surface area contributed by atoms with Crippen LogP contribution in [0.25, 0.3) is 0 Å². The highest BCUT2D eigenvalue weighted by molar-refractivity contribution is 7.92. The molecule has 8 heteroatoms. The zero-order chi connectivity index (χ0) is 12.3. The zero-order valence-corrected chi connectivity index (χ0v) is 8.96. The number of esters is 1. The number of hydrogen-bond acceptors (Lipinski definition) is 5. The first-order valence-corrected chi connectivity index (χ1v) is 5.62. The maximum absolute atomic E-state index is 12.3. The highest BCUT2D eigenvalue weighted by Gasteiger charge is 2.23. The van der Waals surface area contributed by atoms with Crippen molar-refractivity contribution in [3.8, 4) is 0 Å². The number of halogens is 2. The minimum atomic E-state index is -4.22. The van der Waals surface area contributed by atoms with E-state index in [1.54, 1.807) is 0 Å². The average Bonchev–Trinajstić information content (AvgIpc) is 2.28. The number of hydrogen-bond donors (Lipinski definition) is 1. The predicted octanol–water partition coefficient (Wildman–Crippen LogP) is 1.50. The number of ether oxygens (including phenoxy) is 1. The highest BCUT2D eigenvalue weighted by atomic mass is 32.2. The molecule has 1 N–H and O–H groups in total. The number of carbonyl (C=O) groups excluding carboxylic acids is 1. The van der Waals surface area contributed by atoms with E-state index in [1.165, 1.54) is 0 Å². The van der Waals surface area contributed by atoms with Crippen molar-refractivity contribution < 1.29 is 22.5 Å². The maximum Gasteiger partial charge on any atom is 0.356 e. The van der Waals surface area contributed by atoms with Crippen LogP contribution < -0.4 is 0 Å². The van der Waals surface area contributed by atoms with Crippen molar-refractivity contribution in [2.75, 3.05) is 7.11 Å². The topological polar surface area (TPSA) is 80.1 Å². The Morgan fingerprint density at radius 3 is 2.75 bits per heavy atom. The predicted molar refractivity (Wildman–Crippen MR) is 50.7 cm³/mol. The summed E-state index contributed by atoms with van der Waals surface area (Å²) in [5.74, 6) is -4.16. The van der Waals surface area contributed by atoms with Crippen LogP contribution in [0.15, 0.2) is 23.2 Å². The summed E-state index contributed by atoms with van der Waals surface area (Å²) in [6.45, 7) is 0. The Bertz CT molecular complexity index is 502. The Hall–Kier alpha value is -1.57. The van der Waals surface area contributed by atoms with Gasteiger partial charge in [-0.1, -0.05) is 0 Å². The molecule has 1 atom stereocenters. The lowest BCUT2D eigenvalue weighted by molar-refractivity contribution is 0.0593. The van der Waals surface area contributed by atoms with Gasteiger partial charge in [0.1, 0.15) is 15.4 Å². The second-order valence-corrected chi connectivity index (χ2v) is 4.76. The molecule has 0 radical (unpaired) electrons. The number of alkyl halides is 2. The third-order valence-electron chi connectivity index (χ3n) is 1.73. The Balaban J connectivity index is 3.24. The monoisotopic (exact) mass is 250 g/mol. The molecule has 0 aromatic carbocycles. The summed E-state index contributed by atoms with van der Waals surface area (Å²) < 4.78 is 47.3. The summed E-state index contributed by atoms with van der Waals surface area (Å²) in [5.41, 5.74) is -0.263. The fraction of sp³-hybridized carbons (Fsp3) is 0.250. The van der Waals surface area contributed by atoms with Crippen LogP contribution in [-0.2, 0) is 14.5 Å². The van der Waals surface area contributed by atoms with Gasteiger partial charge in [0.15, 0.2) is 0 Å². The number of pyridine rings is 1. The second-order valence-electron chi connectivity index (χ2n) is 2.73. The number of aromatic nitrogens is 1. The van der Waals surface area contributed by atoms with Gasteiger partial charge in [-0.25, -0.2) is 18.8 Å². The number of nitrogens with zero attached hydrogens (tertiary/aromatic N) is 1. The van der Waals surface area contributed by atoms with Crippen LogP contribution in [0.3, 0.4) is 0 Å². The molecule has 1 aromatic rings.